The minimum Gasteiger partial charge on any atom is -0.488 e. The normalized spacial score (nSPS) is 17.9. The zero-order chi connectivity index (χ0) is 14.0. The second kappa shape index (κ2) is 5.38. The van der Waals surface area contributed by atoms with E-state index in [-0.39, 0.29) is 6.61 Å². The molecule has 0 saturated heterocycles. The molecule has 1 aliphatic carbocycles. The monoisotopic (exact) mass is 272 g/mol. The third-order valence-corrected chi connectivity index (χ3v) is 3.48. The molecule has 2 N–H and O–H groups in total. The number of hydrogen-bond acceptors (Lipinski definition) is 4. The molecule has 1 aliphatic rings. The van der Waals surface area contributed by atoms with Crippen molar-refractivity contribution in [3.8, 4) is 5.75 Å². The summed E-state index contributed by atoms with van der Waals surface area (Å²) in [5, 5.41) is 14.7. The molecule has 4 heteroatoms. The first-order valence-corrected chi connectivity index (χ1v) is 7.06. The predicted molar refractivity (Wildman–Crippen MR) is 78.9 cm³/mol. The van der Waals surface area contributed by atoms with Crippen molar-refractivity contribution in [2.45, 2.75) is 31.4 Å². The maximum atomic E-state index is 10.3. The molecule has 0 aliphatic heterocycles. The van der Waals surface area contributed by atoms with Gasteiger partial charge in [-0.3, -0.25) is 4.98 Å². The van der Waals surface area contributed by atoms with Crippen LogP contribution in [-0.2, 0) is 0 Å². The molecule has 0 bridgehead atoms. The van der Waals surface area contributed by atoms with Gasteiger partial charge >= 0.3 is 0 Å². The van der Waals surface area contributed by atoms with Crippen LogP contribution in [0.3, 0.4) is 0 Å². The number of aromatic nitrogens is 1. The van der Waals surface area contributed by atoms with Crippen LogP contribution in [0.1, 0.15) is 19.8 Å². The van der Waals surface area contributed by atoms with Gasteiger partial charge in [0.15, 0.2) is 0 Å². The number of para-hydroxylation sites is 1. The van der Waals surface area contributed by atoms with Crippen molar-refractivity contribution in [3.63, 3.8) is 0 Å². The third kappa shape index (κ3) is 3.26. The highest BCUT2D eigenvalue weighted by Crippen LogP contribution is 2.24. The summed E-state index contributed by atoms with van der Waals surface area (Å²) in [4.78, 5) is 4.34. The maximum absolute atomic E-state index is 10.3. The number of hydrogen-bond donors (Lipinski definition) is 2. The summed E-state index contributed by atoms with van der Waals surface area (Å²) in [5.41, 5.74) is -0.0412. The lowest BCUT2D eigenvalue weighted by molar-refractivity contribution is 0.0124. The lowest BCUT2D eigenvalue weighted by atomic mass is 10.1. The number of nitrogens with zero attached hydrogens (tertiary/aromatic N) is 1. The maximum Gasteiger partial charge on any atom is 0.145 e. The Morgan fingerprint density at radius 3 is 2.95 bits per heavy atom. The Morgan fingerprint density at radius 1 is 1.35 bits per heavy atom. The predicted octanol–water partition coefficient (Wildman–Crippen LogP) is 2.12. The number of nitrogens with one attached hydrogen (secondary N) is 1. The van der Waals surface area contributed by atoms with Gasteiger partial charge in [0, 0.05) is 24.2 Å². The van der Waals surface area contributed by atoms with Crippen molar-refractivity contribution < 1.29 is 9.84 Å². The minimum atomic E-state index is -0.875. The minimum absolute atomic E-state index is 0.252. The second-order valence-electron chi connectivity index (χ2n) is 5.77. The van der Waals surface area contributed by atoms with Gasteiger partial charge in [-0.15, -0.1) is 0 Å². The first kappa shape index (κ1) is 13.3. The van der Waals surface area contributed by atoms with Crippen LogP contribution < -0.4 is 10.1 Å². The van der Waals surface area contributed by atoms with E-state index in [0.717, 1.165) is 16.7 Å². The van der Waals surface area contributed by atoms with Crippen molar-refractivity contribution in [1.29, 1.82) is 0 Å². The standard InChI is InChI=1S/C16H20N2O2/c1-16(19,10-18-13-7-8-13)11-20-14-6-2-4-12-5-3-9-17-15(12)14/h2-6,9,13,18-19H,7-8,10-11H2,1H3. The van der Waals surface area contributed by atoms with Gasteiger partial charge in [0.2, 0.25) is 0 Å². The fourth-order valence-corrected chi connectivity index (χ4v) is 2.13. The van der Waals surface area contributed by atoms with E-state index in [0.29, 0.717) is 12.6 Å². The molecule has 1 saturated carbocycles. The molecule has 1 fully saturated rings. The Kier molecular flexibility index (Phi) is 3.59. The first-order chi connectivity index (χ1) is 9.64. The van der Waals surface area contributed by atoms with Gasteiger partial charge in [0.25, 0.3) is 0 Å². The second-order valence-corrected chi connectivity index (χ2v) is 5.77. The molecule has 1 atom stereocenters. The molecule has 1 unspecified atom stereocenters. The highest BCUT2D eigenvalue weighted by molar-refractivity contribution is 5.84. The lowest BCUT2D eigenvalue weighted by Crippen LogP contribution is -2.43. The van der Waals surface area contributed by atoms with Crippen molar-refractivity contribution in [3.05, 3.63) is 36.5 Å². The van der Waals surface area contributed by atoms with E-state index >= 15 is 0 Å². The van der Waals surface area contributed by atoms with Gasteiger partial charge in [0.1, 0.15) is 23.5 Å². The van der Waals surface area contributed by atoms with Crippen LogP contribution in [0.15, 0.2) is 36.5 Å². The average molecular weight is 272 g/mol. The number of fused-ring (bicyclic) bond motifs is 1. The SMILES string of the molecule is CC(O)(CNC1CC1)COc1cccc2cccnc12. The molecular weight excluding hydrogens is 252 g/mol. The first-order valence-electron chi connectivity index (χ1n) is 7.06. The van der Waals surface area contributed by atoms with Crippen LogP contribution >= 0.6 is 0 Å². The number of aliphatic hydroxyl groups is 1. The van der Waals surface area contributed by atoms with Crippen LogP contribution in [0.5, 0.6) is 5.75 Å². The van der Waals surface area contributed by atoms with Crippen LogP contribution in [0.25, 0.3) is 10.9 Å². The van der Waals surface area contributed by atoms with Crippen molar-refractivity contribution in [2.24, 2.45) is 0 Å². The average Bonchev–Trinajstić information content (AvgIpc) is 3.27. The Bertz CT molecular complexity index is 589. The highest BCUT2D eigenvalue weighted by atomic mass is 16.5. The van der Waals surface area contributed by atoms with E-state index < -0.39 is 5.60 Å². The summed E-state index contributed by atoms with van der Waals surface area (Å²) in [5.74, 6) is 0.717. The zero-order valence-corrected chi connectivity index (χ0v) is 11.7. The van der Waals surface area contributed by atoms with E-state index in [1.165, 1.54) is 12.8 Å². The molecule has 1 aromatic carbocycles. The van der Waals surface area contributed by atoms with E-state index in [4.69, 9.17) is 4.74 Å². The topological polar surface area (TPSA) is 54.4 Å². The van der Waals surface area contributed by atoms with Crippen LogP contribution in [-0.4, -0.2) is 34.9 Å². The number of ether oxygens (including phenoxy) is 1. The summed E-state index contributed by atoms with van der Waals surface area (Å²) in [6, 6.07) is 10.3. The van der Waals surface area contributed by atoms with Gasteiger partial charge in [-0.25, -0.2) is 0 Å². The molecule has 4 nitrogen and oxygen atoms in total. The molecule has 20 heavy (non-hydrogen) atoms. The Hall–Kier alpha value is -1.65. The Balaban J connectivity index is 1.66. The van der Waals surface area contributed by atoms with Crippen molar-refractivity contribution in [2.75, 3.05) is 13.2 Å². The molecule has 0 amide bonds. The molecule has 0 radical (unpaired) electrons. The molecule has 3 rings (SSSR count). The lowest BCUT2D eigenvalue weighted by Gasteiger charge is -2.24. The summed E-state index contributed by atoms with van der Waals surface area (Å²) >= 11 is 0. The zero-order valence-electron chi connectivity index (χ0n) is 11.7. The number of rotatable bonds is 6. The van der Waals surface area contributed by atoms with Gasteiger partial charge in [-0.2, -0.15) is 0 Å². The smallest absolute Gasteiger partial charge is 0.145 e. The van der Waals surface area contributed by atoms with Crippen LogP contribution in [0, 0.1) is 0 Å². The largest absolute Gasteiger partial charge is 0.488 e. The van der Waals surface area contributed by atoms with E-state index in [1.807, 2.05) is 30.3 Å². The fourth-order valence-electron chi connectivity index (χ4n) is 2.13. The molecule has 1 heterocycles. The van der Waals surface area contributed by atoms with Crippen LogP contribution in [0.2, 0.25) is 0 Å². The van der Waals surface area contributed by atoms with Crippen LogP contribution in [0.4, 0.5) is 0 Å². The van der Waals surface area contributed by atoms with Gasteiger partial charge in [0.05, 0.1) is 0 Å². The molecule has 2 aromatic rings. The van der Waals surface area contributed by atoms with Crippen molar-refractivity contribution >= 4 is 10.9 Å². The number of benzene rings is 1. The van der Waals surface area contributed by atoms with Gasteiger partial charge in [-0.1, -0.05) is 18.2 Å². The summed E-state index contributed by atoms with van der Waals surface area (Å²) in [6.45, 7) is 2.60. The number of pyridine rings is 1. The van der Waals surface area contributed by atoms with E-state index in [2.05, 4.69) is 10.3 Å². The molecular formula is C16H20N2O2. The fraction of sp³-hybridized carbons (Fsp3) is 0.438. The Morgan fingerprint density at radius 2 is 2.15 bits per heavy atom. The van der Waals surface area contributed by atoms with E-state index in [1.54, 1.807) is 13.1 Å². The molecule has 1 aromatic heterocycles. The van der Waals surface area contributed by atoms with E-state index in [9.17, 15) is 5.11 Å². The molecule has 0 spiro atoms. The summed E-state index contributed by atoms with van der Waals surface area (Å²) in [6.07, 6.45) is 4.18. The summed E-state index contributed by atoms with van der Waals surface area (Å²) in [7, 11) is 0. The van der Waals surface area contributed by atoms with Crippen molar-refractivity contribution in [1.82, 2.24) is 10.3 Å². The summed E-state index contributed by atoms with van der Waals surface area (Å²) < 4.78 is 5.78. The van der Waals surface area contributed by atoms with Gasteiger partial charge < -0.3 is 15.2 Å². The third-order valence-electron chi connectivity index (χ3n) is 3.48. The Labute approximate surface area is 118 Å². The highest BCUT2D eigenvalue weighted by Gasteiger charge is 2.27. The molecule has 106 valence electrons. The van der Waals surface area contributed by atoms with Gasteiger partial charge in [-0.05, 0) is 31.9 Å². The quantitative estimate of drug-likeness (QED) is 0.845.